The molecule has 1 aliphatic carbocycles. The van der Waals surface area contributed by atoms with Gasteiger partial charge in [0.15, 0.2) is 0 Å². The normalized spacial score (nSPS) is 16.9. The maximum Gasteiger partial charge on any atom is 0.335 e. The Labute approximate surface area is 183 Å². The van der Waals surface area contributed by atoms with Crippen molar-refractivity contribution < 1.29 is 23.1 Å². The topological polar surface area (TPSA) is 120 Å². The van der Waals surface area contributed by atoms with Gasteiger partial charge >= 0.3 is 5.97 Å². The van der Waals surface area contributed by atoms with Gasteiger partial charge in [-0.2, -0.15) is 0 Å². The highest BCUT2D eigenvalue weighted by atomic mass is 32.2. The number of benzene rings is 2. The summed E-state index contributed by atoms with van der Waals surface area (Å²) in [5.74, 6) is -0.830. The third-order valence-electron chi connectivity index (χ3n) is 4.83. The summed E-state index contributed by atoms with van der Waals surface area (Å²) in [7, 11) is 0. The molecule has 0 saturated carbocycles. The molecule has 0 radical (unpaired) electrons. The molecule has 3 N–H and O–H groups in total. The predicted molar refractivity (Wildman–Crippen MR) is 118 cm³/mol. The summed E-state index contributed by atoms with van der Waals surface area (Å²) in [5.41, 5.74) is 2.52. The van der Waals surface area contributed by atoms with Crippen LogP contribution in [0, 0.1) is 0 Å². The van der Waals surface area contributed by atoms with Crippen molar-refractivity contribution in [2.24, 2.45) is 0 Å². The van der Waals surface area contributed by atoms with Gasteiger partial charge in [0.25, 0.3) is 5.91 Å². The van der Waals surface area contributed by atoms with Gasteiger partial charge in [-0.1, -0.05) is 18.2 Å². The van der Waals surface area contributed by atoms with Crippen molar-refractivity contribution in [3.63, 3.8) is 0 Å². The fourth-order valence-corrected chi connectivity index (χ4v) is 3.75. The van der Waals surface area contributed by atoms with E-state index < -0.39 is 23.1 Å². The summed E-state index contributed by atoms with van der Waals surface area (Å²) in [6.45, 7) is 1.99. The molecule has 0 aromatic heterocycles. The first-order chi connectivity index (χ1) is 15.0. The molecule has 2 unspecified atom stereocenters. The van der Waals surface area contributed by atoms with Crippen LogP contribution in [0.25, 0.3) is 0 Å². The van der Waals surface area contributed by atoms with Crippen LogP contribution in [0.1, 0.15) is 36.5 Å². The smallest absolute Gasteiger partial charge is 0.335 e. The molecule has 9 heteroatoms. The first-order valence-corrected chi connectivity index (χ1v) is 11.0. The summed E-state index contributed by atoms with van der Waals surface area (Å²) in [6.07, 6.45) is 2.04. The van der Waals surface area contributed by atoms with Crippen molar-refractivity contribution in [3.8, 4) is 0 Å². The van der Waals surface area contributed by atoms with E-state index in [-0.39, 0.29) is 12.6 Å². The zero-order chi connectivity index (χ0) is 22.2. The van der Waals surface area contributed by atoms with Crippen molar-refractivity contribution in [3.05, 3.63) is 71.4 Å². The fourth-order valence-electron chi connectivity index (χ4n) is 3.43. The second-order valence-corrected chi connectivity index (χ2v) is 7.61. The first kappa shape index (κ1) is 22.5. The van der Waals surface area contributed by atoms with Crippen LogP contribution in [0.15, 0.2) is 65.9 Å². The van der Waals surface area contributed by atoms with Crippen molar-refractivity contribution in [2.45, 2.75) is 32.2 Å². The molecule has 0 heterocycles. The fraction of sp³-hybridized carbons (Fsp3) is 0.273. The summed E-state index contributed by atoms with van der Waals surface area (Å²) < 4.78 is 28.9. The highest BCUT2D eigenvalue weighted by Crippen LogP contribution is 2.28. The van der Waals surface area contributed by atoms with Crippen molar-refractivity contribution in [1.29, 1.82) is 0 Å². The Bertz CT molecular complexity index is 976. The van der Waals surface area contributed by atoms with Gasteiger partial charge in [0.2, 0.25) is 0 Å². The monoisotopic (exact) mass is 442 g/mol. The number of ether oxygens (including phenoxy) is 1. The number of carbonyl (C=O) groups is 2. The number of rotatable bonds is 8. The first-order valence-electron chi connectivity index (χ1n) is 9.97. The molecule has 0 bridgehead atoms. The van der Waals surface area contributed by atoms with E-state index in [9.17, 15) is 18.4 Å². The molecule has 2 aromatic carbocycles. The Kier molecular flexibility index (Phi) is 7.80. The molecule has 1 aliphatic rings. The maximum absolute atomic E-state index is 12.9. The summed E-state index contributed by atoms with van der Waals surface area (Å²) in [6, 6.07) is 15.3. The van der Waals surface area contributed by atoms with Crippen LogP contribution in [0.5, 0.6) is 0 Å². The van der Waals surface area contributed by atoms with Gasteiger partial charge < -0.3 is 24.6 Å². The van der Waals surface area contributed by atoms with E-state index in [0.717, 1.165) is 18.5 Å². The van der Waals surface area contributed by atoms with Gasteiger partial charge in [-0.15, -0.1) is 0 Å². The predicted octanol–water partition coefficient (Wildman–Crippen LogP) is 3.10. The molecule has 2 atom stereocenters. The SMILES string of the molecule is CCOC(=O)C1=C(NC(=O)c2ccc(NS(=O)[O-])cc2)C(Nc2ccccc2)CCC1. The Balaban J connectivity index is 1.85. The number of hydrogen-bond acceptors (Lipinski definition) is 6. The molecule has 0 saturated heterocycles. The van der Waals surface area contributed by atoms with E-state index in [4.69, 9.17) is 4.74 Å². The van der Waals surface area contributed by atoms with Gasteiger partial charge in [0, 0.05) is 28.2 Å². The van der Waals surface area contributed by atoms with Crippen LogP contribution < -0.4 is 15.4 Å². The summed E-state index contributed by atoms with van der Waals surface area (Å²) >= 11 is -2.44. The third kappa shape index (κ3) is 6.16. The molecular formula is C22H24N3O5S-. The highest BCUT2D eigenvalue weighted by molar-refractivity contribution is 7.80. The van der Waals surface area contributed by atoms with Crippen molar-refractivity contribution >= 4 is 34.5 Å². The number of amides is 1. The minimum atomic E-state index is -2.44. The van der Waals surface area contributed by atoms with Crippen LogP contribution in [0.3, 0.4) is 0 Å². The van der Waals surface area contributed by atoms with Gasteiger partial charge in [-0.05, 0) is 62.6 Å². The zero-order valence-electron chi connectivity index (χ0n) is 17.1. The standard InChI is InChI=1S/C22H25N3O5S/c1-2-30-22(27)18-9-6-10-19(23-16-7-4-3-5-8-16)20(18)24-21(26)15-11-13-17(14-12-15)25-31(28)29/h3-5,7-8,11-14,19,23,25H,2,6,9-10H2,1H3,(H,24,26)(H,28,29)/p-1. The lowest BCUT2D eigenvalue weighted by atomic mass is 9.91. The van der Waals surface area contributed by atoms with Crippen LogP contribution in [0.4, 0.5) is 11.4 Å². The van der Waals surface area contributed by atoms with Crippen LogP contribution in [-0.4, -0.2) is 33.3 Å². The van der Waals surface area contributed by atoms with Crippen molar-refractivity contribution in [1.82, 2.24) is 5.32 Å². The van der Waals surface area contributed by atoms with E-state index in [0.29, 0.717) is 28.9 Å². The van der Waals surface area contributed by atoms with Gasteiger partial charge in [0.1, 0.15) is 0 Å². The molecule has 2 aromatic rings. The molecule has 8 nitrogen and oxygen atoms in total. The van der Waals surface area contributed by atoms with Gasteiger partial charge in [-0.3, -0.25) is 9.00 Å². The zero-order valence-corrected chi connectivity index (χ0v) is 17.9. The summed E-state index contributed by atoms with van der Waals surface area (Å²) in [5, 5.41) is 6.28. The number of carbonyl (C=O) groups excluding carboxylic acids is 2. The molecule has 1 amide bonds. The van der Waals surface area contributed by atoms with Gasteiger partial charge in [0.05, 0.1) is 23.9 Å². The lowest BCUT2D eigenvalue weighted by molar-refractivity contribution is -0.138. The average Bonchev–Trinajstić information content (AvgIpc) is 2.76. The number of anilines is 2. The van der Waals surface area contributed by atoms with Crippen LogP contribution >= 0.6 is 0 Å². The number of hydrogen-bond donors (Lipinski definition) is 3. The number of nitrogens with one attached hydrogen (secondary N) is 3. The van der Waals surface area contributed by atoms with Crippen LogP contribution in [0.2, 0.25) is 0 Å². The molecule has 0 spiro atoms. The van der Waals surface area contributed by atoms with E-state index in [2.05, 4.69) is 15.4 Å². The second kappa shape index (κ2) is 10.7. The Hall–Kier alpha value is -3.17. The molecular weight excluding hydrogens is 418 g/mol. The average molecular weight is 443 g/mol. The summed E-state index contributed by atoms with van der Waals surface area (Å²) in [4.78, 5) is 25.4. The Morgan fingerprint density at radius 1 is 1.10 bits per heavy atom. The number of para-hydroxylation sites is 1. The molecule has 0 fully saturated rings. The molecule has 31 heavy (non-hydrogen) atoms. The lowest BCUT2D eigenvalue weighted by Crippen LogP contribution is -2.39. The van der Waals surface area contributed by atoms with Crippen LogP contribution in [-0.2, 0) is 20.8 Å². The third-order valence-corrected chi connectivity index (χ3v) is 5.23. The van der Waals surface area contributed by atoms with Crippen molar-refractivity contribution in [2.75, 3.05) is 16.6 Å². The molecule has 164 valence electrons. The largest absolute Gasteiger partial charge is 0.755 e. The minimum Gasteiger partial charge on any atom is -0.755 e. The minimum absolute atomic E-state index is 0.246. The van der Waals surface area contributed by atoms with E-state index in [1.165, 1.54) is 24.3 Å². The quantitative estimate of drug-likeness (QED) is 0.427. The van der Waals surface area contributed by atoms with E-state index in [1.54, 1.807) is 6.92 Å². The van der Waals surface area contributed by atoms with E-state index in [1.807, 2.05) is 30.3 Å². The Morgan fingerprint density at radius 2 is 1.81 bits per heavy atom. The maximum atomic E-state index is 12.9. The van der Waals surface area contributed by atoms with E-state index >= 15 is 0 Å². The molecule has 3 rings (SSSR count). The number of esters is 1. The molecule has 0 aliphatic heterocycles. The Morgan fingerprint density at radius 3 is 2.45 bits per heavy atom. The lowest BCUT2D eigenvalue weighted by Gasteiger charge is -2.29. The highest BCUT2D eigenvalue weighted by Gasteiger charge is 2.29. The van der Waals surface area contributed by atoms with Gasteiger partial charge in [-0.25, -0.2) is 4.79 Å². The second-order valence-electron chi connectivity index (χ2n) is 6.94.